The van der Waals surface area contributed by atoms with Gasteiger partial charge in [-0.15, -0.1) is 0 Å². The van der Waals surface area contributed by atoms with Gasteiger partial charge in [-0.25, -0.2) is 0 Å². The quantitative estimate of drug-likeness (QED) is 0.742. The molecule has 2 unspecified atom stereocenters. The van der Waals surface area contributed by atoms with Crippen molar-refractivity contribution < 1.29 is 24.2 Å². The summed E-state index contributed by atoms with van der Waals surface area (Å²) >= 11 is 0. The van der Waals surface area contributed by atoms with Crippen molar-refractivity contribution in [2.75, 3.05) is 26.4 Å². The highest BCUT2D eigenvalue weighted by Gasteiger charge is 2.38. The van der Waals surface area contributed by atoms with Gasteiger partial charge in [-0.05, 0) is 12.8 Å². The molecule has 0 aliphatic carbocycles. The molecule has 0 aromatic carbocycles. The smallest absolute Gasteiger partial charge is 0.310 e. The second-order valence-electron chi connectivity index (χ2n) is 5.43. The average Bonchev–Trinajstić information content (AvgIpc) is 2.37. The third-order valence-electron chi connectivity index (χ3n) is 3.70. The first kappa shape index (κ1) is 15.9. The summed E-state index contributed by atoms with van der Waals surface area (Å²) in [7, 11) is 0. The zero-order valence-electron chi connectivity index (χ0n) is 11.8. The van der Waals surface area contributed by atoms with E-state index in [9.17, 15) is 14.7 Å². The number of carbonyl (C=O) groups is 2. The molecule has 1 rings (SSSR count). The lowest BCUT2D eigenvalue weighted by molar-refractivity contribution is -0.153. The van der Waals surface area contributed by atoms with E-state index >= 15 is 0 Å². The van der Waals surface area contributed by atoms with Crippen LogP contribution < -0.4 is 5.32 Å². The van der Waals surface area contributed by atoms with Crippen LogP contribution in [0.3, 0.4) is 0 Å². The zero-order chi connectivity index (χ0) is 14.5. The molecule has 0 bridgehead atoms. The van der Waals surface area contributed by atoms with Crippen LogP contribution in [-0.4, -0.2) is 49.5 Å². The normalized spacial score (nSPS) is 22.8. The summed E-state index contributed by atoms with van der Waals surface area (Å²) in [5, 5.41) is 12.0. The Morgan fingerprint density at radius 2 is 2.11 bits per heavy atom. The second kappa shape index (κ2) is 6.86. The van der Waals surface area contributed by atoms with E-state index in [0.29, 0.717) is 26.4 Å². The summed E-state index contributed by atoms with van der Waals surface area (Å²) in [5.74, 6) is -1.34. The highest BCUT2D eigenvalue weighted by Crippen LogP contribution is 2.31. The van der Waals surface area contributed by atoms with E-state index in [4.69, 9.17) is 9.47 Å². The van der Waals surface area contributed by atoms with Crippen LogP contribution in [0.1, 0.15) is 27.2 Å². The molecule has 0 saturated carbocycles. The van der Waals surface area contributed by atoms with Gasteiger partial charge in [0.2, 0.25) is 5.91 Å². The van der Waals surface area contributed by atoms with Gasteiger partial charge >= 0.3 is 5.97 Å². The Balaban J connectivity index is 2.42. The van der Waals surface area contributed by atoms with Crippen LogP contribution in [-0.2, 0) is 19.1 Å². The molecule has 1 fully saturated rings. The van der Waals surface area contributed by atoms with Crippen molar-refractivity contribution in [1.29, 1.82) is 0 Å². The predicted molar refractivity (Wildman–Crippen MR) is 68.8 cm³/mol. The Morgan fingerprint density at radius 1 is 1.42 bits per heavy atom. The van der Waals surface area contributed by atoms with Crippen LogP contribution in [0.2, 0.25) is 0 Å². The molecular formula is C13H23NO5. The van der Waals surface area contributed by atoms with Gasteiger partial charge in [0.05, 0.1) is 31.3 Å². The van der Waals surface area contributed by atoms with E-state index in [1.54, 1.807) is 20.8 Å². The molecular weight excluding hydrogens is 250 g/mol. The van der Waals surface area contributed by atoms with Crippen molar-refractivity contribution in [1.82, 2.24) is 5.32 Å². The largest absolute Gasteiger partial charge is 0.481 e. The molecule has 1 amide bonds. The number of nitrogens with one attached hydrogen (secondary N) is 1. The first-order valence-corrected chi connectivity index (χ1v) is 6.55. The van der Waals surface area contributed by atoms with E-state index in [0.717, 1.165) is 0 Å². The Bertz CT molecular complexity index is 325. The van der Waals surface area contributed by atoms with E-state index < -0.39 is 11.4 Å². The molecule has 110 valence electrons. The standard InChI is InChI=1S/C13H23NO5/c1-9(2)13(3,12(16)17)6-11(15)14-7-10-8-18-4-5-19-10/h9-10H,4-8H2,1-3H3,(H,14,15)(H,16,17). The first-order valence-electron chi connectivity index (χ1n) is 6.55. The molecule has 0 aromatic heterocycles. The fourth-order valence-electron chi connectivity index (χ4n) is 1.80. The first-order chi connectivity index (χ1) is 8.86. The van der Waals surface area contributed by atoms with E-state index in [1.165, 1.54) is 0 Å². The maximum atomic E-state index is 11.8. The van der Waals surface area contributed by atoms with Crippen molar-refractivity contribution in [3.8, 4) is 0 Å². The fourth-order valence-corrected chi connectivity index (χ4v) is 1.80. The van der Waals surface area contributed by atoms with Crippen LogP contribution in [0.5, 0.6) is 0 Å². The summed E-state index contributed by atoms with van der Waals surface area (Å²) in [4.78, 5) is 23.1. The number of hydrogen-bond donors (Lipinski definition) is 2. The minimum atomic E-state index is -1.05. The highest BCUT2D eigenvalue weighted by molar-refractivity contribution is 5.84. The number of aliphatic carboxylic acids is 1. The summed E-state index contributed by atoms with van der Waals surface area (Å²) in [6.07, 6.45) is -0.180. The minimum Gasteiger partial charge on any atom is -0.481 e. The molecule has 1 aliphatic heterocycles. The molecule has 2 N–H and O–H groups in total. The maximum Gasteiger partial charge on any atom is 0.310 e. The molecule has 1 saturated heterocycles. The maximum absolute atomic E-state index is 11.8. The molecule has 6 heteroatoms. The topological polar surface area (TPSA) is 84.9 Å². The number of hydrogen-bond acceptors (Lipinski definition) is 4. The molecule has 0 radical (unpaired) electrons. The number of carboxylic acids is 1. The number of carbonyl (C=O) groups excluding carboxylic acids is 1. The van der Waals surface area contributed by atoms with Gasteiger partial charge in [0, 0.05) is 13.0 Å². The molecule has 1 aliphatic rings. The Labute approximate surface area is 113 Å². The molecule has 19 heavy (non-hydrogen) atoms. The van der Waals surface area contributed by atoms with Gasteiger partial charge in [-0.1, -0.05) is 13.8 Å². The molecule has 6 nitrogen and oxygen atoms in total. The van der Waals surface area contributed by atoms with Crippen LogP contribution >= 0.6 is 0 Å². The van der Waals surface area contributed by atoms with Crippen LogP contribution in [0.25, 0.3) is 0 Å². The fraction of sp³-hybridized carbons (Fsp3) is 0.846. The number of rotatable bonds is 6. The van der Waals surface area contributed by atoms with Crippen molar-refractivity contribution in [3.63, 3.8) is 0 Å². The van der Waals surface area contributed by atoms with Crippen molar-refractivity contribution >= 4 is 11.9 Å². The third-order valence-corrected chi connectivity index (χ3v) is 3.70. The average molecular weight is 273 g/mol. The lowest BCUT2D eigenvalue weighted by Gasteiger charge is -2.29. The lowest BCUT2D eigenvalue weighted by Crippen LogP contribution is -2.43. The van der Waals surface area contributed by atoms with Crippen molar-refractivity contribution in [2.45, 2.75) is 33.3 Å². The monoisotopic (exact) mass is 273 g/mol. The highest BCUT2D eigenvalue weighted by atomic mass is 16.6. The summed E-state index contributed by atoms with van der Waals surface area (Å²) in [5.41, 5.74) is -1.05. The lowest BCUT2D eigenvalue weighted by atomic mass is 9.76. The minimum absolute atomic E-state index is 0.0341. The summed E-state index contributed by atoms with van der Waals surface area (Å²) in [6.45, 7) is 7.13. The molecule has 0 spiro atoms. The Morgan fingerprint density at radius 3 is 2.58 bits per heavy atom. The van der Waals surface area contributed by atoms with Crippen LogP contribution in [0, 0.1) is 11.3 Å². The van der Waals surface area contributed by atoms with Gasteiger partial charge in [0.15, 0.2) is 0 Å². The van der Waals surface area contributed by atoms with Gasteiger partial charge in [0.1, 0.15) is 0 Å². The summed E-state index contributed by atoms with van der Waals surface area (Å²) < 4.78 is 10.6. The van der Waals surface area contributed by atoms with Gasteiger partial charge in [-0.3, -0.25) is 9.59 Å². The van der Waals surface area contributed by atoms with E-state index in [-0.39, 0.29) is 24.3 Å². The van der Waals surface area contributed by atoms with Crippen molar-refractivity contribution in [2.24, 2.45) is 11.3 Å². The Hall–Kier alpha value is -1.14. The molecule has 2 atom stereocenters. The number of ether oxygens (including phenoxy) is 2. The third kappa shape index (κ3) is 4.47. The number of amides is 1. The van der Waals surface area contributed by atoms with E-state index in [2.05, 4.69) is 5.32 Å². The summed E-state index contributed by atoms with van der Waals surface area (Å²) in [6, 6.07) is 0. The SMILES string of the molecule is CC(C)C(C)(CC(=O)NCC1COCCO1)C(=O)O. The van der Waals surface area contributed by atoms with Crippen molar-refractivity contribution in [3.05, 3.63) is 0 Å². The number of carboxylic acid groups (broad SMARTS) is 1. The second-order valence-corrected chi connectivity index (χ2v) is 5.43. The van der Waals surface area contributed by atoms with Gasteiger partial charge in [-0.2, -0.15) is 0 Å². The Kier molecular flexibility index (Phi) is 5.75. The van der Waals surface area contributed by atoms with Crippen LogP contribution in [0.4, 0.5) is 0 Å². The van der Waals surface area contributed by atoms with Gasteiger partial charge in [0.25, 0.3) is 0 Å². The van der Waals surface area contributed by atoms with E-state index in [1.807, 2.05) is 0 Å². The molecule has 0 aromatic rings. The predicted octanol–water partition coefficient (Wildman–Crippen LogP) is 0.655. The zero-order valence-corrected chi connectivity index (χ0v) is 11.8. The van der Waals surface area contributed by atoms with Crippen LogP contribution in [0.15, 0.2) is 0 Å². The van der Waals surface area contributed by atoms with Gasteiger partial charge < -0.3 is 19.9 Å². The molecule has 1 heterocycles.